The van der Waals surface area contributed by atoms with Gasteiger partial charge in [0.2, 0.25) is 5.91 Å². The van der Waals surface area contributed by atoms with Crippen molar-refractivity contribution in [2.75, 3.05) is 13.1 Å². The van der Waals surface area contributed by atoms with E-state index >= 15 is 0 Å². The lowest BCUT2D eigenvalue weighted by atomic mass is 9.89. The van der Waals surface area contributed by atoms with Crippen LogP contribution >= 0.6 is 0 Å². The summed E-state index contributed by atoms with van der Waals surface area (Å²) in [7, 11) is 0. The molecule has 3 amide bonds. The summed E-state index contributed by atoms with van der Waals surface area (Å²) in [5.74, 6) is -0.738. The molecule has 1 aromatic carbocycles. The van der Waals surface area contributed by atoms with Crippen molar-refractivity contribution in [1.29, 1.82) is 5.41 Å². The number of carbonyl (C=O) groups excluding carboxylic acids is 2. The Morgan fingerprint density at radius 2 is 2.08 bits per heavy atom. The predicted octanol–water partition coefficient (Wildman–Crippen LogP) is 1.25. The van der Waals surface area contributed by atoms with Crippen molar-refractivity contribution in [2.24, 2.45) is 16.6 Å². The predicted molar refractivity (Wildman–Crippen MR) is 102 cm³/mol. The van der Waals surface area contributed by atoms with E-state index in [1.807, 2.05) is 0 Å². The van der Waals surface area contributed by atoms with Gasteiger partial charge in [-0.15, -0.1) is 0 Å². The summed E-state index contributed by atoms with van der Waals surface area (Å²) in [6.07, 6.45) is 2.06. The number of rotatable bonds is 3. The first-order valence-electron chi connectivity index (χ1n) is 8.26. The van der Waals surface area contributed by atoms with Gasteiger partial charge < -0.3 is 10.6 Å². The molecule has 0 saturated carbocycles. The molecule has 0 bridgehead atoms. The van der Waals surface area contributed by atoms with Crippen molar-refractivity contribution in [3.63, 3.8) is 0 Å². The van der Waals surface area contributed by atoms with Gasteiger partial charge in [0.25, 0.3) is 0 Å². The number of likely N-dealkylation sites (tertiary alicyclic amines) is 1. The van der Waals surface area contributed by atoms with Gasteiger partial charge in [0.05, 0.1) is 0 Å². The molecule has 0 unspecified atom stereocenters. The van der Waals surface area contributed by atoms with E-state index in [0.29, 0.717) is 25.1 Å². The van der Waals surface area contributed by atoms with Gasteiger partial charge in [-0.25, -0.2) is 9.18 Å². The smallest absolute Gasteiger partial charge is 0.326 e. The first kappa shape index (κ1) is 19.9. The minimum atomic E-state index is -0.650. The molecule has 140 valence electrons. The van der Waals surface area contributed by atoms with Crippen LogP contribution in [-0.2, 0) is 19.0 Å². The maximum Gasteiger partial charge on any atom is 0.326 e. The molecule has 0 aliphatic carbocycles. The molecule has 1 heterocycles. The highest BCUT2D eigenvalue weighted by Crippen LogP contribution is 2.23. The third-order valence-electron chi connectivity index (χ3n) is 4.25. The van der Waals surface area contributed by atoms with Gasteiger partial charge in [-0.3, -0.25) is 15.5 Å². The summed E-state index contributed by atoms with van der Waals surface area (Å²) in [5, 5.41) is 10.0. The Morgan fingerprint density at radius 1 is 1.42 bits per heavy atom. The highest BCUT2D eigenvalue weighted by atomic mass is 32.1. The Kier molecular flexibility index (Phi) is 6.73. The molecule has 7 nitrogen and oxygen atoms in total. The Morgan fingerprint density at radius 3 is 2.62 bits per heavy atom. The number of benzene rings is 1. The second-order valence-electron chi connectivity index (χ2n) is 6.28. The summed E-state index contributed by atoms with van der Waals surface area (Å²) in [6.45, 7) is 2.62. The lowest BCUT2D eigenvalue weighted by Crippen LogP contribution is -2.46. The summed E-state index contributed by atoms with van der Waals surface area (Å²) >= 11 is 3.16. The number of carbonyl (C=O) groups is 2. The van der Waals surface area contributed by atoms with Gasteiger partial charge in [-0.1, -0.05) is 6.07 Å². The quantitative estimate of drug-likeness (QED) is 0.416. The number of primary amides is 1. The minimum Gasteiger partial charge on any atom is -0.366 e. The van der Waals surface area contributed by atoms with Crippen LogP contribution in [0.3, 0.4) is 0 Å². The van der Waals surface area contributed by atoms with Crippen LogP contribution in [0.25, 0.3) is 0 Å². The largest absolute Gasteiger partial charge is 0.366 e. The van der Waals surface area contributed by atoms with Crippen LogP contribution in [0.2, 0.25) is 0 Å². The average molecular weight is 380 g/mol. The van der Waals surface area contributed by atoms with Crippen molar-refractivity contribution in [1.82, 2.24) is 10.2 Å². The maximum atomic E-state index is 14.1. The molecule has 1 fully saturated rings. The number of hydrogen-bond donors (Lipinski definition) is 3. The zero-order valence-corrected chi connectivity index (χ0v) is 15.5. The number of hydrogen-bond acceptors (Lipinski definition) is 3. The first-order chi connectivity index (χ1) is 12.3. The van der Waals surface area contributed by atoms with Gasteiger partial charge in [0, 0.05) is 31.3 Å². The molecule has 9 heteroatoms. The van der Waals surface area contributed by atoms with E-state index in [1.165, 1.54) is 19.1 Å². The number of nitrogens with one attached hydrogen (secondary N) is 2. The molecule has 2 rings (SSSR count). The van der Waals surface area contributed by atoms with Gasteiger partial charge >= 0.3 is 11.2 Å². The highest BCUT2D eigenvalue weighted by molar-refractivity contribution is 7.77. The van der Waals surface area contributed by atoms with Crippen molar-refractivity contribution >= 4 is 35.6 Å². The van der Waals surface area contributed by atoms with Crippen LogP contribution in [0, 0.1) is 17.1 Å². The van der Waals surface area contributed by atoms with Crippen LogP contribution in [0.15, 0.2) is 23.2 Å². The van der Waals surface area contributed by atoms with E-state index in [-0.39, 0.29) is 28.5 Å². The first-order valence-corrected chi connectivity index (χ1v) is 8.76. The van der Waals surface area contributed by atoms with Crippen LogP contribution < -0.4 is 11.1 Å². The van der Waals surface area contributed by atoms with E-state index < -0.39 is 11.7 Å². The summed E-state index contributed by atoms with van der Waals surface area (Å²) in [6, 6.07) is 4.02. The maximum absolute atomic E-state index is 14.1. The standard InChI is InChI=1S/C17H22FN5O2S/c1-10(19)21-16(26)22-17(25)23-6-4-11(5-7-23)8-12-2-3-13(15(20)24)9-14(12)18/h2-3,9,11H,4-8H2,1H3,(H2,20,24)(H3,19,21,22,25,26)/p+1. The second-order valence-corrected chi connectivity index (χ2v) is 6.75. The molecule has 0 spiro atoms. The van der Waals surface area contributed by atoms with Crippen LogP contribution in [0.5, 0.6) is 0 Å². The molecule has 26 heavy (non-hydrogen) atoms. The third-order valence-corrected chi connectivity index (χ3v) is 4.49. The molecule has 1 aliphatic rings. The zero-order valence-electron chi connectivity index (χ0n) is 14.5. The molecule has 0 aromatic heterocycles. The van der Waals surface area contributed by atoms with E-state index in [2.05, 4.69) is 22.9 Å². The molecule has 1 saturated heterocycles. The number of urea groups is 1. The van der Waals surface area contributed by atoms with Gasteiger partial charge in [-0.05, 0) is 49.8 Å². The lowest BCUT2D eigenvalue weighted by molar-refractivity contribution is 0.1000. The van der Waals surface area contributed by atoms with Gasteiger partial charge in [-0.2, -0.15) is 4.99 Å². The summed E-state index contributed by atoms with van der Waals surface area (Å²) in [5.41, 5.74) is 5.86. The molecular formula is C17H23FN5O2S+. The number of amidine groups is 2. The fraction of sp³-hybridized carbons (Fsp3) is 0.412. The number of aliphatic imine (C=N–C) groups is 1. The average Bonchev–Trinajstić information content (AvgIpc) is 2.56. The van der Waals surface area contributed by atoms with Crippen molar-refractivity contribution in [3.8, 4) is 0 Å². The Labute approximate surface area is 156 Å². The number of amides is 3. The molecule has 1 aromatic rings. The van der Waals surface area contributed by atoms with E-state index in [1.54, 1.807) is 11.0 Å². The van der Waals surface area contributed by atoms with Crippen molar-refractivity contribution < 1.29 is 14.0 Å². The zero-order chi connectivity index (χ0) is 19.3. The fourth-order valence-corrected chi connectivity index (χ4v) is 3.17. The van der Waals surface area contributed by atoms with Crippen LogP contribution in [0.4, 0.5) is 9.18 Å². The number of halogens is 1. The Balaban J connectivity index is 1.88. The molecular weight excluding hydrogens is 357 g/mol. The molecule has 0 atom stereocenters. The van der Waals surface area contributed by atoms with Crippen LogP contribution in [0.1, 0.15) is 35.7 Å². The summed E-state index contributed by atoms with van der Waals surface area (Å²) < 4.78 is 14.1. The highest BCUT2D eigenvalue weighted by Gasteiger charge is 2.25. The number of nitrogens with zero attached hydrogens (tertiary/aromatic N) is 2. The molecule has 0 radical (unpaired) electrons. The Bertz CT molecular complexity index is 745. The molecule has 1 aliphatic heterocycles. The monoisotopic (exact) mass is 380 g/mol. The topological polar surface area (TPSA) is 112 Å². The van der Waals surface area contributed by atoms with Crippen molar-refractivity contribution in [2.45, 2.75) is 26.2 Å². The van der Waals surface area contributed by atoms with Gasteiger partial charge in [0.1, 0.15) is 11.7 Å². The fourth-order valence-electron chi connectivity index (χ4n) is 2.89. The normalized spacial score (nSPS) is 15.7. The lowest BCUT2D eigenvalue weighted by Gasteiger charge is -2.31. The third kappa shape index (κ3) is 5.55. The second kappa shape index (κ2) is 8.79. The Hall–Kier alpha value is -2.42. The van der Waals surface area contributed by atoms with E-state index in [4.69, 9.17) is 11.1 Å². The number of nitrogens with two attached hydrogens (primary N) is 1. The SMILES string of the molecule is CC(=N)N=C([SH2+])NC(=O)N1CCC(Cc2ccc(C(N)=O)cc2F)CC1. The van der Waals surface area contributed by atoms with Gasteiger partial charge in [0.15, 0.2) is 0 Å². The molecule has 4 N–H and O–H groups in total. The minimum absolute atomic E-state index is 0.0818. The van der Waals surface area contributed by atoms with Crippen molar-refractivity contribution in [3.05, 3.63) is 35.1 Å². The van der Waals surface area contributed by atoms with E-state index in [0.717, 1.165) is 12.8 Å². The van der Waals surface area contributed by atoms with E-state index in [9.17, 15) is 14.0 Å². The van der Waals surface area contributed by atoms with Crippen LogP contribution in [-0.4, -0.2) is 40.9 Å². The number of piperidine rings is 1. The summed E-state index contributed by atoms with van der Waals surface area (Å²) in [4.78, 5) is 28.7.